The lowest BCUT2D eigenvalue weighted by Gasteiger charge is -2.23. The molecule has 2 atom stereocenters. The number of nitrogens with one attached hydrogen (secondary N) is 1. The summed E-state index contributed by atoms with van der Waals surface area (Å²) in [4.78, 5) is 36.2. The van der Waals surface area contributed by atoms with Crippen molar-refractivity contribution in [2.45, 2.75) is 45.2 Å². The van der Waals surface area contributed by atoms with Gasteiger partial charge in [0.1, 0.15) is 12.1 Å². The maximum absolute atomic E-state index is 12.0. The summed E-state index contributed by atoms with van der Waals surface area (Å²) in [5.74, 6) is -0.472. The molecule has 0 spiro atoms. The molecular weight excluding hydrogens is 268 g/mol. The number of carboxylic acid groups (broad SMARTS) is 1. The van der Waals surface area contributed by atoms with Crippen LogP contribution in [0.15, 0.2) is 0 Å². The third kappa shape index (κ3) is 4.41. The van der Waals surface area contributed by atoms with Gasteiger partial charge in [-0.25, -0.2) is 0 Å². The topological polar surface area (TPSA) is 86.7 Å². The molecule has 19 heavy (non-hydrogen) atoms. The maximum Gasteiger partial charge on any atom is 0.325 e. The summed E-state index contributed by atoms with van der Waals surface area (Å²) in [6, 6.07) is -1.48. The zero-order valence-electron chi connectivity index (χ0n) is 11.2. The highest BCUT2D eigenvalue weighted by molar-refractivity contribution is 7.99. The predicted octanol–water partition coefficient (Wildman–Crippen LogP) is 0.667. The molecular formula is C12H20N2O4S. The van der Waals surface area contributed by atoms with Gasteiger partial charge in [-0.1, -0.05) is 13.3 Å². The van der Waals surface area contributed by atoms with Crippen LogP contribution in [0.5, 0.6) is 0 Å². The lowest BCUT2D eigenvalue weighted by Crippen LogP contribution is -2.51. The third-order valence-corrected chi connectivity index (χ3v) is 3.99. The van der Waals surface area contributed by atoms with E-state index in [-0.39, 0.29) is 11.8 Å². The van der Waals surface area contributed by atoms with Gasteiger partial charge in [0.25, 0.3) is 0 Å². The van der Waals surface area contributed by atoms with Crippen LogP contribution in [-0.2, 0) is 14.4 Å². The Labute approximate surface area is 116 Å². The number of nitrogens with zero attached hydrogens (tertiary/aromatic N) is 1. The standard InChI is InChI=1S/C12H20N2O4S/c1-3-4-5-10(15)14-7-19-6-9(14)11(16)13-8(2)12(17)18/h8-9H,3-7H2,1-2H3,(H,13,16)(H,17,18)/t8-,9?/m0/s1. The molecule has 0 aromatic rings. The average Bonchev–Trinajstić information content (AvgIpc) is 2.84. The summed E-state index contributed by atoms with van der Waals surface area (Å²) in [6.07, 6.45) is 2.18. The lowest BCUT2D eigenvalue weighted by molar-refractivity contribution is -0.143. The van der Waals surface area contributed by atoms with Crippen molar-refractivity contribution in [3.8, 4) is 0 Å². The molecule has 0 aromatic heterocycles. The Morgan fingerprint density at radius 1 is 1.47 bits per heavy atom. The van der Waals surface area contributed by atoms with E-state index in [1.54, 1.807) is 4.90 Å². The van der Waals surface area contributed by atoms with E-state index in [1.165, 1.54) is 18.7 Å². The lowest BCUT2D eigenvalue weighted by atomic mass is 10.2. The first-order chi connectivity index (χ1) is 8.97. The van der Waals surface area contributed by atoms with Gasteiger partial charge < -0.3 is 15.3 Å². The molecule has 1 saturated heterocycles. The van der Waals surface area contributed by atoms with E-state index in [1.807, 2.05) is 6.92 Å². The SMILES string of the molecule is CCCCC(=O)N1CSCC1C(=O)N[C@@H](C)C(=O)O. The molecule has 1 rings (SSSR count). The summed E-state index contributed by atoms with van der Waals surface area (Å²) in [5, 5.41) is 11.2. The Bertz CT molecular complexity index is 362. The Morgan fingerprint density at radius 3 is 2.74 bits per heavy atom. The van der Waals surface area contributed by atoms with Gasteiger partial charge in [-0.15, -0.1) is 11.8 Å². The molecule has 6 nitrogen and oxygen atoms in total. The molecule has 7 heteroatoms. The average molecular weight is 288 g/mol. The number of thioether (sulfide) groups is 1. The van der Waals surface area contributed by atoms with Crippen LogP contribution in [0.1, 0.15) is 33.1 Å². The van der Waals surface area contributed by atoms with Gasteiger partial charge in [-0.05, 0) is 13.3 Å². The van der Waals surface area contributed by atoms with Gasteiger partial charge in [0, 0.05) is 12.2 Å². The minimum atomic E-state index is -1.08. The molecule has 1 unspecified atom stereocenters. The predicted molar refractivity (Wildman–Crippen MR) is 72.7 cm³/mol. The van der Waals surface area contributed by atoms with E-state index in [4.69, 9.17) is 5.11 Å². The van der Waals surface area contributed by atoms with Crippen molar-refractivity contribution in [2.75, 3.05) is 11.6 Å². The van der Waals surface area contributed by atoms with Crippen LogP contribution in [-0.4, -0.2) is 51.5 Å². The highest BCUT2D eigenvalue weighted by atomic mass is 32.2. The van der Waals surface area contributed by atoms with Crippen LogP contribution in [0.4, 0.5) is 0 Å². The summed E-state index contributed by atoms with van der Waals surface area (Å²) in [5.41, 5.74) is 0. The maximum atomic E-state index is 12.0. The highest BCUT2D eigenvalue weighted by Gasteiger charge is 2.35. The number of amides is 2. The quantitative estimate of drug-likeness (QED) is 0.750. The zero-order valence-corrected chi connectivity index (χ0v) is 12.0. The van der Waals surface area contributed by atoms with Crippen LogP contribution >= 0.6 is 11.8 Å². The largest absolute Gasteiger partial charge is 0.480 e. The summed E-state index contributed by atoms with van der Waals surface area (Å²) >= 11 is 1.51. The minimum Gasteiger partial charge on any atom is -0.480 e. The molecule has 0 aliphatic carbocycles. The normalized spacial score (nSPS) is 20.1. The third-order valence-electron chi connectivity index (χ3n) is 2.98. The molecule has 2 N–H and O–H groups in total. The van der Waals surface area contributed by atoms with E-state index in [2.05, 4.69) is 5.32 Å². The summed E-state index contributed by atoms with van der Waals surface area (Å²) in [6.45, 7) is 3.41. The van der Waals surface area contributed by atoms with Crippen molar-refractivity contribution in [1.29, 1.82) is 0 Å². The van der Waals surface area contributed by atoms with Gasteiger partial charge in [0.15, 0.2) is 0 Å². The summed E-state index contributed by atoms with van der Waals surface area (Å²) < 4.78 is 0. The van der Waals surface area contributed by atoms with E-state index in [0.717, 1.165) is 12.8 Å². The van der Waals surface area contributed by atoms with Gasteiger partial charge in [0.05, 0.1) is 5.88 Å². The molecule has 0 saturated carbocycles. The van der Waals surface area contributed by atoms with Crippen molar-refractivity contribution in [3.63, 3.8) is 0 Å². The number of unbranched alkanes of at least 4 members (excludes halogenated alkanes) is 1. The number of hydrogen-bond donors (Lipinski definition) is 2. The molecule has 0 aromatic carbocycles. The summed E-state index contributed by atoms with van der Waals surface area (Å²) in [7, 11) is 0. The van der Waals surface area contributed by atoms with Crippen molar-refractivity contribution in [2.24, 2.45) is 0 Å². The van der Waals surface area contributed by atoms with E-state index >= 15 is 0 Å². The first kappa shape index (κ1) is 15.8. The number of carbonyl (C=O) groups excluding carboxylic acids is 2. The van der Waals surface area contributed by atoms with Gasteiger partial charge in [-0.3, -0.25) is 14.4 Å². The van der Waals surface area contributed by atoms with E-state index < -0.39 is 18.1 Å². The Balaban J connectivity index is 2.58. The molecule has 1 heterocycles. The van der Waals surface area contributed by atoms with Crippen molar-refractivity contribution < 1.29 is 19.5 Å². The molecule has 1 aliphatic rings. The van der Waals surface area contributed by atoms with Crippen LogP contribution in [0.3, 0.4) is 0 Å². The fourth-order valence-corrected chi connectivity index (χ4v) is 2.93. The van der Waals surface area contributed by atoms with Gasteiger partial charge in [-0.2, -0.15) is 0 Å². The number of hydrogen-bond acceptors (Lipinski definition) is 4. The van der Waals surface area contributed by atoms with Crippen LogP contribution in [0.2, 0.25) is 0 Å². The Kier molecular flexibility index (Phi) is 6.14. The van der Waals surface area contributed by atoms with Gasteiger partial charge in [0.2, 0.25) is 11.8 Å². The Hall–Kier alpha value is -1.24. The fourth-order valence-electron chi connectivity index (χ4n) is 1.75. The van der Waals surface area contributed by atoms with Gasteiger partial charge >= 0.3 is 5.97 Å². The molecule has 0 radical (unpaired) electrons. The minimum absolute atomic E-state index is 0.0324. The molecule has 2 amide bonds. The second-order valence-corrected chi connectivity index (χ2v) is 5.55. The fraction of sp³-hybridized carbons (Fsp3) is 0.750. The first-order valence-corrected chi connectivity index (χ1v) is 7.53. The first-order valence-electron chi connectivity index (χ1n) is 6.37. The number of rotatable bonds is 6. The smallest absolute Gasteiger partial charge is 0.325 e. The highest BCUT2D eigenvalue weighted by Crippen LogP contribution is 2.22. The molecule has 1 aliphatic heterocycles. The van der Waals surface area contributed by atoms with E-state index in [0.29, 0.717) is 18.1 Å². The Morgan fingerprint density at radius 2 is 2.16 bits per heavy atom. The second kappa shape index (κ2) is 7.37. The van der Waals surface area contributed by atoms with Crippen molar-refractivity contribution >= 4 is 29.5 Å². The molecule has 0 bridgehead atoms. The van der Waals surface area contributed by atoms with Crippen LogP contribution in [0.25, 0.3) is 0 Å². The number of carboxylic acids is 1. The second-order valence-electron chi connectivity index (χ2n) is 4.55. The number of carbonyl (C=O) groups is 3. The molecule has 1 fully saturated rings. The van der Waals surface area contributed by atoms with E-state index in [9.17, 15) is 14.4 Å². The zero-order chi connectivity index (χ0) is 14.4. The molecule has 108 valence electrons. The van der Waals surface area contributed by atoms with Crippen LogP contribution < -0.4 is 5.32 Å². The number of aliphatic carboxylic acids is 1. The van der Waals surface area contributed by atoms with Crippen LogP contribution in [0, 0.1) is 0 Å². The monoisotopic (exact) mass is 288 g/mol. The van der Waals surface area contributed by atoms with Crippen molar-refractivity contribution in [3.05, 3.63) is 0 Å². The van der Waals surface area contributed by atoms with Crippen molar-refractivity contribution in [1.82, 2.24) is 10.2 Å².